The second kappa shape index (κ2) is 6.43. The van der Waals surface area contributed by atoms with Gasteiger partial charge in [0.15, 0.2) is 11.5 Å². The number of benzene rings is 2. The topological polar surface area (TPSA) is 55.8 Å². The Morgan fingerprint density at radius 2 is 1.76 bits per heavy atom. The molecule has 2 fully saturated rings. The largest absolute Gasteiger partial charge is 0.493 e. The van der Waals surface area contributed by atoms with E-state index in [0.717, 1.165) is 35.0 Å². The third-order valence-electron chi connectivity index (χ3n) is 5.58. The molecule has 0 aromatic heterocycles. The van der Waals surface area contributed by atoms with E-state index in [0.29, 0.717) is 5.92 Å². The van der Waals surface area contributed by atoms with Gasteiger partial charge in [-0.1, -0.05) is 18.2 Å². The summed E-state index contributed by atoms with van der Waals surface area (Å²) >= 11 is 0. The van der Waals surface area contributed by atoms with Crippen LogP contribution in [0.2, 0.25) is 0 Å². The summed E-state index contributed by atoms with van der Waals surface area (Å²) < 4.78 is 11.8. The monoisotopic (exact) mass is 338 g/mol. The van der Waals surface area contributed by atoms with Crippen molar-refractivity contribution in [3.63, 3.8) is 0 Å². The molecule has 2 saturated carbocycles. The van der Waals surface area contributed by atoms with Gasteiger partial charge in [0.05, 0.1) is 12.7 Å². The average Bonchev–Trinajstić information content (AvgIpc) is 3.25. The molecular formula is C21H22O4. The van der Waals surface area contributed by atoms with Gasteiger partial charge in [0.2, 0.25) is 0 Å². The smallest absolute Gasteiger partial charge is 0.335 e. The summed E-state index contributed by atoms with van der Waals surface area (Å²) in [5.41, 5.74) is 2.25. The van der Waals surface area contributed by atoms with Crippen LogP contribution in [0, 0.1) is 11.8 Å². The molecule has 4 nitrogen and oxygen atoms in total. The van der Waals surface area contributed by atoms with Gasteiger partial charge >= 0.3 is 5.97 Å². The lowest BCUT2D eigenvalue weighted by molar-refractivity contribution is 0.0697. The van der Waals surface area contributed by atoms with Crippen molar-refractivity contribution in [2.45, 2.75) is 31.8 Å². The maximum absolute atomic E-state index is 11.0. The van der Waals surface area contributed by atoms with E-state index in [4.69, 9.17) is 14.6 Å². The van der Waals surface area contributed by atoms with Crippen LogP contribution in [-0.4, -0.2) is 24.3 Å². The second-order valence-corrected chi connectivity index (χ2v) is 7.08. The van der Waals surface area contributed by atoms with Gasteiger partial charge in [-0.25, -0.2) is 4.79 Å². The number of ether oxygens (including phenoxy) is 2. The molecule has 0 amide bonds. The number of rotatable bonds is 5. The molecular weight excluding hydrogens is 316 g/mol. The minimum Gasteiger partial charge on any atom is -0.493 e. The van der Waals surface area contributed by atoms with Crippen LogP contribution in [0.5, 0.6) is 11.5 Å². The zero-order valence-corrected chi connectivity index (χ0v) is 14.3. The van der Waals surface area contributed by atoms with Gasteiger partial charge in [0.1, 0.15) is 6.10 Å². The summed E-state index contributed by atoms with van der Waals surface area (Å²) in [5.74, 6) is 2.11. The number of carboxylic acids is 1. The van der Waals surface area contributed by atoms with Gasteiger partial charge in [-0.15, -0.1) is 0 Å². The SMILES string of the molecule is COc1ccc(-c2ccc(C(=O)O)cc2)cc1O[C@@H]1CC2CCC1C2. The summed E-state index contributed by atoms with van der Waals surface area (Å²) in [7, 11) is 1.66. The molecule has 2 aromatic rings. The summed E-state index contributed by atoms with van der Waals surface area (Å²) in [6.45, 7) is 0. The van der Waals surface area contributed by atoms with Crippen molar-refractivity contribution in [2.75, 3.05) is 7.11 Å². The van der Waals surface area contributed by atoms with E-state index in [-0.39, 0.29) is 11.7 Å². The minimum atomic E-state index is -0.915. The number of methoxy groups -OCH3 is 1. The maximum atomic E-state index is 11.0. The number of carboxylic acid groups (broad SMARTS) is 1. The predicted molar refractivity (Wildman–Crippen MR) is 95.3 cm³/mol. The first kappa shape index (κ1) is 16.0. The number of carbonyl (C=O) groups is 1. The fourth-order valence-electron chi connectivity index (χ4n) is 4.25. The standard InChI is InChI=1S/C21H22O4/c1-24-18-9-8-16(14-4-6-15(7-5-14)21(22)23)12-20(18)25-19-11-13-2-3-17(19)10-13/h4-9,12-13,17,19H,2-3,10-11H2,1H3,(H,22,23)/t13?,17?,19-/m1/s1. The Morgan fingerprint density at radius 1 is 1.00 bits per heavy atom. The maximum Gasteiger partial charge on any atom is 0.335 e. The highest BCUT2D eigenvalue weighted by Gasteiger charge is 2.41. The van der Waals surface area contributed by atoms with Crippen molar-refractivity contribution in [3.8, 4) is 22.6 Å². The van der Waals surface area contributed by atoms with E-state index in [1.54, 1.807) is 19.2 Å². The van der Waals surface area contributed by atoms with Gasteiger partial charge in [-0.2, -0.15) is 0 Å². The van der Waals surface area contributed by atoms with E-state index in [1.807, 2.05) is 30.3 Å². The Hall–Kier alpha value is -2.49. The number of aromatic carboxylic acids is 1. The molecule has 25 heavy (non-hydrogen) atoms. The van der Waals surface area contributed by atoms with Crippen molar-refractivity contribution in [3.05, 3.63) is 48.0 Å². The Kier molecular flexibility index (Phi) is 4.12. The second-order valence-electron chi connectivity index (χ2n) is 7.08. The third-order valence-corrected chi connectivity index (χ3v) is 5.58. The van der Waals surface area contributed by atoms with Crippen LogP contribution in [0.25, 0.3) is 11.1 Å². The van der Waals surface area contributed by atoms with Crippen LogP contribution >= 0.6 is 0 Å². The van der Waals surface area contributed by atoms with E-state index in [9.17, 15) is 4.79 Å². The lowest BCUT2D eigenvalue weighted by Gasteiger charge is -2.24. The van der Waals surface area contributed by atoms with Gasteiger partial charge in [-0.3, -0.25) is 0 Å². The van der Waals surface area contributed by atoms with Gasteiger partial charge < -0.3 is 14.6 Å². The highest BCUT2D eigenvalue weighted by Crippen LogP contribution is 2.47. The first-order valence-electron chi connectivity index (χ1n) is 8.82. The molecule has 130 valence electrons. The molecule has 2 aliphatic carbocycles. The van der Waals surface area contributed by atoms with Crippen LogP contribution in [0.4, 0.5) is 0 Å². The lowest BCUT2D eigenvalue weighted by atomic mass is 9.97. The van der Waals surface area contributed by atoms with Crippen molar-refractivity contribution in [1.82, 2.24) is 0 Å². The molecule has 2 aromatic carbocycles. The van der Waals surface area contributed by atoms with E-state index < -0.39 is 5.97 Å². The molecule has 0 radical (unpaired) electrons. The normalized spacial score (nSPS) is 24.3. The number of hydrogen-bond acceptors (Lipinski definition) is 3. The highest BCUT2D eigenvalue weighted by molar-refractivity contribution is 5.88. The minimum absolute atomic E-state index is 0.288. The molecule has 1 N–H and O–H groups in total. The van der Waals surface area contributed by atoms with Gasteiger partial charge in [0.25, 0.3) is 0 Å². The fraction of sp³-hybridized carbons (Fsp3) is 0.381. The Morgan fingerprint density at radius 3 is 2.36 bits per heavy atom. The molecule has 2 aliphatic rings. The molecule has 4 heteroatoms. The molecule has 0 saturated heterocycles. The molecule has 0 spiro atoms. The Balaban J connectivity index is 1.60. The fourth-order valence-corrected chi connectivity index (χ4v) is 4.25. The molecule has 3 atom stereocenters. The van der Waals surface area contributed by atoms with Crippen molar-refractivity contribution in [2.24, 2.45) is 11.8 Å². The lowest BCUT2D eigenvalue weighted by Crippen LogP contribution is -2.23. The molecule has 0 heterocycles. The molecule has 2 bridgehead atoms. The summed E-state index contributed by atoms with van der Waals surface area (Å²) in [5, 5.41) is 9.03. The summed E-state index contributed by atoms with van der Waals surface area (Å²) in [6, 6.07) is 12.8. The zero-order valence-electron chi connectivity index (χ0n) is 14.3. The van der Waals surface area contributed by atoms with Crippen LogP contribution in [0.3, 0.4) is 0 Å². The summed E-state index contributed by atoms with van der Waals surface area (Å²) in [4.78, 5) is 11.0. The Bertz CT molecular complexity index is 781. The zero-order chi connectivity index (χ0) is 17.4. The third kappa shape index (κ3) is 3.09. The average molecular weight is 338 g/mol. The van der Waals surface area contributed by atoms with E-state index in [1.165, 1.54) is 19.3 Å². The van der Waals surface area contributed by atoms with Crippen LogP contribution in [0.1, 0.15) is 36.0 Å². The van der Waals surface area contributed by atoms with Crippen molar-refractivity contribution < 1.29 is 19.4 Å². The van der Waals surface area contributed by atoms with Crippen LogP contribution in [-0.2, 0) is 0 Å². The van der Waals surface area contributed by atoms with Crippen LogP contribution in [0.15, 0.2) is 42.5 Å². The van der Waals surface area contributed by atoms with E-state index in [2.05, 4.69) is 0 Å². The van der Waals surface area contributed by atoms with Gasteiger partial charge in [0, 0.05) is 0 Å². The van der Waals surface area contributed by atoms with Crippen molar-refractivity contribution in [1.29, 1.82) is 0 Å². The van der Waals surface area contributed by atoms with E-state index >= 15 is 0 Å². The van der Waals surface area contributed by atoms with Crippen molar-refractivity contribution >= 4 is 5.97 Å². The molecule has 0 aliphatic heterocycles. The molecule has 4 rings (SSSR count). The molecule has 2 unspecified atom stereocenters. The predicted octanol–water partition coefficient (Wildman–Crippen LogP) is 4.63. The quantitative estimate of drug-likeness (QED) is 0.864. The van der Waals surface area contributed by atoms with Gasteiger partial charge in [-0.05, 0) is 72.9 Å². The first-order valence-corrected chi connectivity index (χ1v) is 8.82. The first-order chi connectivity index (χ1) is 12.1. The van der Waals surface area contributed by atoms with Crippen LogP contribution < -0.4 is 9.47 Å². The summed E-state index contributed by atoms with van der Waals surface area (Å²) in [6.07, 6.45) is 5.35. The Labute approximate surface area is 147 Å². The number of hydrogen-bond donors (Lipinski definition) is 1. The highest BCUT2D eigenvalue weighted by atomic mass is 16.5. The number of fused-ring (bicyclic) bond motifs is 2.